The molecular formula is C35H45F4N3O5S. The molecular weight excluding hydrogens is 650 g/mol. The first-order valence-electron chi connectivity index (χ1n) is 15.8. The molecule has 0 saturated carbocycles. The van der Waals surface area contributed by atoms with Gasteiger partial charge in [-0.2, -0.15) is 13.2 Å². The lowest BCUT2D eigenvalue weighted by Gasteiger charge is -2.31. The molecule has 3 aromatic rings. The summed E-state index contributed by atoms with van der Waals surface area (Å²) in [5.74, 6) is 0.419. The lowest BCUT2D eigenvalue weighted by molar-refractivity contribution is -0.161. The van der Waals surface area contributed by atoms with Gasteiger partial charge in [0.1, 0.15) is 23.2 Å². The maximum Gasteiger partial charge on any atom is 0.407 e. The minimum atomic E-state index is -4.81. The lowest BCUT2D eigenvalue weighted by atomic mass is 9.96. The summed E-state index contributed by atoms with van der Waals surface area (Å²) < 4.78 is 93.2. The molecule has 3 rings (SSSR count). The zero-order chi connectivity index (χ0) is 35.7. The monoisotopic (exact) mass is 695 g/mol. The van der Waals surface area contributed by atoms with Crippen LogP contribution >= 0.6 is 0 Å². The van der Waals surface area contributed by atoms with Gasteiger partial charge >= 0.3 is 6.18 Å². The predicted molar refractivity (Wildman–Crippen MR) is 180 cm³/mol. The number of sulfone groups is 1. The Balaban J connectivity index is 1.80. The van der Waals surface area contributed by atoms with Gasteiger partial charge in [-0.15, -0.1) is 0 Å². The van der Waals surface area contributed by atoms with Crippen LogP contribution in [0.15, 0.2) is 71.6 Å². The summed E-state index contributed by atoms with van der Waals surface area (Å²) in [7, 11) is -3.41. The van der Waals surface area contributed by atoms with Crippen molar-refractivity contribution in [3.63, 3.8) is 0 Å². The van der Waals surface area contributed by atoms with E-state index in [1.165, 1.54) is 50.2 Å². The van der Waals surface area contributed by atoms with Crippen LogP contribution in [0.4, 0.5) is 23.2 Å². The van der Waals surface area contributed by atoms with E-state index in [1.54, 1.807) is 30.3 Å². The van der Waals surface area contributed by atoms with Crippen LogP contribution in [0.3, 0.4) is 0 Å². The Hall–Kier alpha value is -3.84. The van der Waals surface area contributed by atoms with Gasteiger partial charge in [0.05, 0.1) is 29.8 Å². The van der Waals surface area contributed by atoms with E-state index in [4.69, 9.17) is 9.47 Å². The van der Waals surface area contributed by atoms with Crippen LogP contribution in [0.5, 0.6) is 11.5 Å². The highest BCUT2D eigenvalue weighted by Crippen LogP contribution is 2.35. The number of alkyl halides is 4. The topological polar surface area (TPSA) is 106 Å². The van der Waals surface area contributed by atoms with Gasteiger partial charge in [0.15, 0.2) is 9.84 Å². The largest absolute Gasteiger partial charge is 0.494 e. The number of hydrogen-bond acceptors (Lipinski definition) is 7. The van der Waals surface area contributed by atoms with Crippen LogP contribution in [0.1, 0.15) is 59.1 Å². The molecule has 0 bridgehead atoms. The number of ether oxygens (including phenoxy) is 2. The fraction of sp³-hybridized carbons (Fsp3) is 0.457. The molecule has 0 aliphatic heterocycles. The average molecular weight is 696 g/mol. The summed E-state index contributed by atoms with van der Waals surface area (Å²) in [6.07, 6.45) is -3.79. The van der Waals surface area contributed by atoms with Gasteiger partial charge in [-0.3, -0.25) is 10.1 Å². The SMILES string of the molecule is CCOc1ccc(NC[C@H](CC)NC(=O)[C@H](CC(C)(C)F)N[C@@H](c2ccc(-c3ccc(S(C)(=O)=O)cc3)cc2)C(F)(F)F)c(OCC)c1. The van der Waals surface area contributed by atoms with Gasteiger partial charge in [-0.25, -0.2) is 12.8 Å². The Morgan fingerprint density at radius 3 is 1.94 bits per heavy atom. The second-order valence-corrected chi connectivity index (χ2v) is 14.1. The fourth-order valence-electron chi connectivity index (χ4n) is 5.07. The van der Waals surface area contributed by atoms with Crippen molar-refractivity contribution >= 4 is 21.4 Å². The van der Waals surface area contributed by atoms with Crippen molar-refractivity contribution in [1.29, 1.82) is 0 Å². The molecule has 0 radical (unpaired) electrons. The first-order valence-corrected chi connectivity index (χ1v) is 17.7. The van der Waals surface area contributed by atoms with E-state index in [1.807, 2.05) is 20.8 Å². The summed E-state index contributed by atoms with van der Waals surface area (Å²) in [6.45, 7) is 9.08. The number of rotatable bonds is 17. The first kappa shape index (κ1) is 38.6. The zero-order valence-corrected chi connectivity index (χ0v) is 28.9. The first-order chi connectivity index (χ1) is 22.4. The summed E-state index contributed by atoms with van der Waals surface area (Å²) >= 11 is 0. The minimum absolute atomic E-state index is 0.122. The second-order valence-electron chi connectivity index (χ2n) is 12.1. The maximum atomic E-state index is 14.9. The van der Waals surface area contributed by atoms with Crippen molar-refractivity contribution in [3.05, 3.63) is 72.3 Å². The van der Waals surface area contributed by atoms with E-state index in [0.29, 0.717) is 47.9 Å². The third-order valence-electron chi connectivity index (χ3n) is 7.50. The molecule has 0 aliphatic rings. The molecule has 0 aliphatic carbocycles. The molecule has 0 heterocycles. The van der Waals surface area contributed by atoms with Crippen molar-refractivity contribution in [2.24, 2.45) is 0 Å². The number of amides is 1. The van der Waals surface area contributed by atoms with Gasteiger partial charge < -0.3 is 20.1 Å². The van der Waals surface area contributed by atoms with E-state index >= 15 is 0 Å². The van der Waals surface area contributed by atoms with E-state index in [0.717, 1.165) is 6.26 Å². The molecule has 13 heteroatoms. The van der Waals surface area contributed by atoms with Gasteiger partial charge in [0.25, 0.3) is 0 Å². The molecule has 1 amide bonds. The fourth-order valence-corrected chi connectivity index (χ4v) is 5.70. The van der Waals surface area contributed by atoms with Crippen molar-refractivity contribution in [1.82, 2.24) is 10.6 Å². The zero-order valence-electron chi connectivity index (χ0n) is 28.1. The molecule has 264 valence electrons. The third-order valence-corrected chi connectivity index (χ3v) is 8.63. The smallest absolute Gasteiger partial charge is 0.407 e. The van der Waals surface area contributed by atoms with Crippen molar-refractivity contribution in [3.8, 4) is 22.6 Å². The predicted octanol–water partition coefficient (Wildman–Crippen LogP) is 7.26. The molecule has 0 saturated heterocycles. The molecule has 3 N–H and O–H groups in total. The third kappa shape index (κ3) is 11.4. The van der Waals surface area contributed by atoms with Crippen LogP contribution in [0, 0.1) is 0 Å². The van der Waals surface area contributed by atoms with Crippen molar-refractivity contribution < 1.29 is 40.2 Å². The second kappa shape index (κ2) is 16.5. The summed E-state index contributed by atoms with van der Waals surface area (Å²) in [5.41, 5.74) is -0.292. The van der Waals surface area contributed by atoms with Crippen LogP contribution in [-0.2, 0) is 14.6 Å². The standard InChI is InChI=1S/C35H45F4N3O5S/c1-7-26(22-40-29-19-16-27(46-8-2)20-31(29)47-9-3)41-33(43)30(21-34(4,5)36)42-32(35(37,38)39)25-12-10-23(11-13-25)24-14-17-28(18-15-24)48(6,44)45/h10-20,26,30,32,40,42H,7-9,21-22H2,1-6H3,(H,41,43)/t26-,30-,32-/m0/s1. The molecule has 48 heavy (non-hydrogen) atoms. The van der Waals surface area contributed by atoms with E-state index in [2.05, 4.69) is 16.0 Å². The normalized spacial score (nSPS) is 14.1. The van der Waals surface area contributed by atoms with Crippen LogP contribution < -0.4 is 25.4 Å². The highest BCUT2D eigenvalue weighted by Gasteiger charge is 2.44. The number of carbonyl (C=O) groups is 1. The Labute approximate surface area is 280 Å². The Kier molecular flexibility index (Phi) is 13.3. The van der Waals surface area contributed by atoms with Gasteiger partial charge in [0, 0.05) is 31.3 Å². The lowest BCUT2D eigenvalue weighted by Crippen LogP contribution is -2.53. The van der Waals surface area contributed by atoms with E-state index < -0.39 is 52.1 Å². The average Bonchev–Trinajstić information content (AvgIpc) is 3.01. The molecule has 0 fully saturated rings. The van der Waals surface area contributed by atoms with Crippen LogP contribution in [0.2, 0.25) is 0 Å². The molecule has 0 spiro atoms. The summed E-state index contributed by atoms with van der Waals surface area (Å²) in [4.78, 5) is 13.6. The Bertz CT molecular complexity index is 1590. The Morgan fingerprint density at radius 2 is 1.44 bits per heavy atom. The highest BCUT2D eigenvalue weighted by molar-refractivity contribution is 7.90. The molecule has 8 nitrogen and oxygen atoms in total. The summed E-state index contributed by atoms with van der Waals surface area (Å²) in [6, 6.07) is 12.5. The number of nitrogens with one attached hydrogen (secondary N) is 3. The van der Waals surface area contributed by atoms with E-state index in [-0.39, 0.29) is 17.0 Å². The molecule has 3 atom stereocenters. The maximum absolute atomic E-state index is 14.9. The van der Waals surface area contributed by atoms with Crippen molar-refractivity contribution in [2.75, 3.05) is 31.3 Å². The molecule has 0 unspecified atom stereocenters. The number of carbonyl (C=O) groups excluding carboxylic acids is 1. The molecule has 3 aromatic carbocycles. The van der Waals surface area contributed by atoms with Gasteiger partial charge in [-0.1, -0.05) is 43.3 Å². The van der Waals surface area contributed by atoms with Gasteiger partial charge in [-0.05, 0) is 75.1 Å². The minimum Gasteiger partial charge on any atom is -0.494 e. The number of halogens is 4. The number of anilines is 1. The molecule has 0 aromatic heterocycles. The van der Waals surface area contributed by atoms with Crippen molar-refractivity contribution in [2.45, 2.75) is 82.3 Å². The number of benzene rings is 3. The Morgan fingerprint density at radius 1 is 0.854 bits per heavy atom. The van der Waals surface area contributed by atoms with Gasteiger partial charge in [0.2, 0.25) is 5.91 Å². The highest BCUT2D eigenvalue weighted by atomic mass is 32.2. The van der Waals surface area contributed by atoms with E-state index in [9.17, 15) is 30.8 Å². The quantitative estimate of drug-likeness (QED) is 0.128. The van der Waals surface area contributed by atoms with Crippen LogP contribution in [0.25, 0.3) is 11.1 Å². The van der Waals surface area contributed by atoms with Crippen LogP contribution in [-0.4, -0.2) is 64.3 Å². The summed E-state index contributed by atoms with van der Waals surface area (Å²) in [5, 5.41) is 8.42. The number of hydrogen-bond donors (Lipinski definition) is 3.